The van der Waals surface area contributed by atoms with E-state index in [-0.39, 0.29) is 17.9 Å². The molecule has 0 spiro atoms. The summed E-state index contributed by atoms with van der Waals surface area (Å²) in [4.78, 5) is 34.3. The fraction of sp³-hybridized carbons (Fsp3) is 0.417. The maximum atomic E-state index is 12.8. The van der Waals surface area contributed by atoms with Gasteiger partial charge in [0.05, 0.1) is 13.3 Å². The molecule has 174 valence electrons. The van der Waals surface area contributed by atoms with Gasteiger partial charge in [-0.1, -0.05) is 23.7 Å². The van der Waals surface area contributed by atoms with Gasteiger partial charge in [0.2, 0.25) is 0 Å². The molecule has 0 unspecified atom stereocenters. The summed E-state index contributed by atoms with van der Waals surface area (Å²) in [5, 5.41) is 13.4. The second-order valence-electron chi connectivity index (χ2n) is 8.91. The first-order valence-corrected chi connectivity index (χ1v) is 12.5. The van der Waals surface area contributed by atoms with Crippen molar-refractivity contribution in [1.82, 2.24) is 19.6 Å². The second kappa shape index (κ2) is 9.08. The van der Waals surface area contributed by atoms with Crippen molar-refractivity contribution in [3.8, 4) is 0 Å². The summed E-state index contributed by atoms with van der Waals surface area (Å²) in [6.07, 6.45) is 2.33. The van der Waals surface area contributed by atoms with E-state index in [2.05, 4.69) is 4.90 Å². The Labute approximate surface area is 202 Å². The summed E-state index contributed by atoms with van der Waals surface area (Å²) < 4.78 is 0. The Bertz CT molecular complexity index is 1120. The summed E-state index contributed by atoms with van der Waals surface area (Å²) in [6.45, 7) is 2.48. The molecule has 2 amide bonds. The number of benzene rings is 2. The molecule has 1 atom stereocenters. The number of likely N-dealkylation sites (tertiary alicyclic amines) is 1. The molecule has 5 rings (SSSR count). The highest BCUT2D eigenvalue weighted by Crippen LogP contribution is 2.30. The Hall–Kier alpha value is -2.42. The predicted molar refractivity (Wildman–Crippen MR) is 130 cm³/mol. The number of thioether (sulfide) groups is 1. The van der Waals surface area contributed by atoms with Crippen molar-refractivity contribution in [3.05, 3.63) is 53.3 Å². The highest BCUT2D eigenvalue weighted by Gasteiger charge is 2.41. The Morgan fingerprint density at radius 3 is 2.64 bits per heavy atom. The number of hydrogen-bond donors (Lipinski definition) is 1. The third kappa shape index (κ3) is 4.52. The Morgan fingerprint density at radius 2 is 1.88 bits per heavy atom. The smallest absolute Gasteiger partial charge is 0.273 e. The molecule has 2 aromatic carbocycles. The lowest BCUT2D eigenvalue weighted by Gasteiger charge is -2.37. The quantitative estimate of drug-likeness (QED) is 0.655. The Kier molecular flexibility index (Phi) is 6.16. The molecule has 2 saturated heterocycles. The molecule has 2 aromatic rings. The van der Waals surface area contributed by atoms with E-state index in [1.807, 2.05) is 59.4 Å². The van der Waals surface area contributed by atoms with Crippen LogP contribution in [0, 0.1) is 0 Å². The van der Waals surface area contributed by atoms with Crippen molar-refractivity contribution in [2.75, 3.05) is 39.2 Å². The number of fused-ring (bicyclic) bond motifs is 2. The van der Waals surface area contributed by atoms with E-state index in [4.69, 9.17) is 11.6 Å². The van der Waals surface area contributed by atoms with Gasteiger partial charge in [0.15, 0.2) is 0 Å². The number of aliphatic hydroxyl groups is 1. The van der Waals surface area contributed by atoms with Crippen LogP contribution in [0.3, 0.4) is 0 Å². The van der Waals surface area contributed by atoms with Crippen molar-refractivity contribution in [2.24, 2.45) is 0 Å². The molecular weight excluding hydrogens is 460 g/mol. The molecule has 7 nitrogen and oxygen atoms in total. The normalized spacial score (nSPS) is 20.0. The lowest BCUT2D eigenvalue weighted by Crippen LogP contribution is -2.50. The van der Waals surface area contributed by atoms with Gasteiger partial charge in [0.1, 0.15) is 11.8 Å². The largest absolute Gasteiger partial charge is 0.382 e. The molecule has 2 fully saturated rings. The zero-order valence-electron chi connectivity index (χ0n) is 18.5. The summed E-state index contributed by atoms with van der Waals surface area (Å²) >= 11 is 7.52. The SMILES string of the molecule is CN1C=C2C(=O)N(C3CCN(C(=O)[C@H](O)CSc4ccc5cc(Cl)ccc5c4)CC3)CN2C1. The number of rotatable bonds is 5. The third-order valence-corrected chi connectivity index (χ3v) is 7.87. The van der Waals surface area contributed by atoms with Crippen LogP contribution in [-0.2, 0) is 9.59 Å². The maximum Gasteiger partial charge on any atom is 0.273 e. The van der Waals surface area contributed by atoms with Crippen LogP contribution in [-0.4, -0.2) is 87.9 Å². The first-order valence-electron chi connectivity index (χ1n) is 11.2. The Morgan fingerprint density at radius 1 is 1.15 bits per heavy atom. The van der Waals surface area contributed by atoms with Gasteiger partial charge in [-0.3, -0.25) is 9.59 Å². The molecule has 0 bridgehead atoms. The summed E-state index contributed by atoms with van der Waals surface area (Å²) in [5.41, 5.74) is 0.764. The number of amides is 2. The van der Waals surface area contributed by atoms with Crippen LogP contribution in [0.15, 0.2) is 53.2 Å². The number of piperidine rings is 1. The molecule has 0 aliphatic carbocycles. The van der Waals surface area contributed by atoms with Gasteiger partial charge in [0, 0.05) is 48.0 Å². The first-order chi connectivity index (χ1) is 15.9. The van der Waals surface area contributed by atoms with E-state index in [0.717, 1.165) is 40.9 Å². The summed E-state index contributed by atoms with van der Waals surface area (Å²) in [6, 6.07) is 11.9. The van der Waals surface area contributed by atoms with Crippen molar-refractivity contribution in [1.29, 1.82) is 0 Å². The molecular formula is C24H27ClN4O3S. The van der Waals surface area contributed by atoms with Gasteiger partial charge in [-0.05, 0) is 47.9 Å². The number of hydrogen-bond acceptors (Lipinski definition) is 6. The van der Waals surface area contributed by atoms with Crippen LogP contribution in [0.1, 0.15) is 12.8 Å². The van der Waals surface area contributed by atoms with Crippen LogP contribution < -0.4 is 0 Å². The molecule has 0 aromatic heterocycles. The van der Waals surface area contributed by atoms with E-state index < -0.39 is 6.10 Å². The first kappa shape index (κ1) is 22.4. The molecule has 3 heterocycles. The number of carbonyl (C=O) groups is 2. The average molecular weight is 487 g/mol. The van der Waals surface area contributed by atoms with E-state index in [1.54, 1.807) is 4.90 Å². The fourth-order valence-corrected chi connectivity index (χ4v) is 5.85. The molecule has 0 radical (unpaired) electrons. The molecule has 33 heavy (non-hydrogen) atoms. The highest BCUT2D eigenvalue weighted by atomic mass is 35.5. The topological polar surface area (TPSA) is 67.3 Å². The monoisotopic (exact) mass is 486 g/mol. The van der Waals surface area contributed by atoms with Crippen LogP contribution in [0.5, 0.6) is 0 Å². The number of aliphatic hydroxyl groups excluding tert-OH is 1. The van der Waals surface area contributed by atoms with Gasteiger partial charge >= 0.3 is 0 Å². The minimum Gasteiger partial charge on any atom is -0.382 e. The lowest BCUT2D eigenvalue weighted by atomic mass is 10.0. The number of halogens is 1. The average Bonchev–Trinajstić information content (AvgIpc) is 3.33. The fourth-order valence-electron chi connectivity index (χ4n) is 4.80. The molecule has 1 N–H and O–H groups in total. The van der Waals surface area contributed by atoms with Crippen molar-refractivity contribution >= 4 is 45.9 Å². The minimum atomic E-state index is -1.05. The second-order valence-corrected chi connectivity index (χ2v) is 10.4. The zero-order chi connectivity index (χ0) is 23.1. The third-order valence-electron chi connectivity index (χ3n) is 6.56. The van der Waals surface area contributed by atoms with Gasteiger partial charge in [-0.2, -0.15) is 0 Å². The van der Waals surface area contributed by atoms with Crippen molar-refractivity contribution in [2.45, 2.75) is 29.9 Å². The molecule has 9 heteroatoms. The van der Waals surface area contributed by atoms with E-state index >= 15 is 0 Å². The van der Waals surface area contributed by atoms with Crippen LogP contribution in [0.4, 0.5) is 0 Å². The van der Waals surface area contributed by atoms with E-state index in [0.29, 0.717) is 30.5 Å². The molecule has 3 aliphatic heterocycles. The van der Waals surface area contributed by atoms with Crippen LogP contribution >= 0.6 is 23.4 Å². The lowest BCUT2D eigenvalue weighted by molar-refractivity contribution is -0.141. The van der Waals surface area contributed by atoms with E-state index in [9.17, 15) is 14.7 Å². The van der Waals surface area contributed by atoms with Crippen LogP contribution in [0.2, 0.25) is 5.02 Å². The van der Waals surface area contributed by atoms with Crippen molar-refractivity contribution < 1.29 is 14.7 Å². The molecule has 3 aliphatic rings. The van der Waals surface area contributed by atoms with Crippen LogP contribution in [0.25, 0.3) is 10.8 Å². The van der Waals surface area contributed by atoms with Gasteiger partial charge in [0.25, 0.3) is 11.8 Å². The zero-order valence-corrected chi connectivity index (χ0v) is 20.1. The number of nitrogens with zero attached hydrogens (tertiary/aromatic N) is 4. The highest BCUT2D eigenvalue weighted by molar-refractivity contribution is 7.99. The minimum absolute atomic E-state index is 0.0817. The van der Waals surface area contributed by atoms with Crippen molar-refractivity contribution in [3.63, 3.8) is 0 Å². The summed E-state index contributed by atoms with van der Waals surface area (Å²) in [7, 11) is 1.96. The van der Waals surface area contributed by atoms with Gasteiger partial charge in [-0.25, -0.2) is 0 Å². The maximum absolute atomic E-state index is 12.8. The Balaban J connectivity index is 1.12. The molecule has 0 saturated carbocycles. The standard InChI is InChI=1S/C24H27ClN4O3S/c1-26-12-21-23(31)29(15-28(21)14-26)19-6-8-27(9-7-19)24(32)22(30)13-33-20-5-3-16-10-18(25)4-2-17(16)11-20/h2-5,10-12,19,22,30H,6-9,13-15H2,1H3/t22-/m1/s1. The summed E-state index contributed by atoms with van der Waals surface area (Å²) in [5.74, 6) is 0.156. The van der Waals surface area contributed by atoms with Gasteiger partial charge < -0.3 is 24.7 Å². The van der Waals surface area contributed by atoms with Gasteiger partial charge in [-0.15, -0.1) is 11.8 Å². The van der Waals surface area contributed by atoms with E-state index in [1.165, 1.54) is 11.8 Å². The number of carbonyl (C=O) groups excluding carboxylic acids is 2. The predicted octanol–water partition coefficient (Wildman–Crippen LogP) is 2.78.